The first kappa shape index (κ1) is 27.1. The summed E-state index contributed by atoms with van der Waals surface area (Å²) < 4.78 is 12.0. The first-order chi connectivity index (χ1) is 14.6. The van der Waals surface area contributed by atoms with Crippen molar-refractivity contribution >= 4 is 29.9 Å². The Morgan fingerprint density at radius 2 is 1.90 bits per heavy atom. The minimum atomic E-state index is 0. The lowest BCUT2D eigenvalue weighted by Crippen LogP contribution is -2.47. The van der Waals surface area contributed by atoms with E-state index in [0.29, 0.717) is 18.1 Å². The molecule has 2 unspecified atom stereocenters. The van der Waals surface area contributed by atoms with Crippen LogP contribution in [-0.4, -0.2) is 87.0 Å². The van der Waals surface area contributed by atoms with E-state index in [2.05, 4.69) is 35.9 Å². The number of piperidine rings is 2. The maximum absolute atomic E-state index is 6.19. The topological polar surface area (TPSA) is 49.3 Å². The molecule has 3 aliphatic rings. The molecule has 0 aromatic carbocycles. The maximum atomic E-state index is 6.19. The van der Waals surface area contributed by atoms with Gasteiger partial charge in [0, 0.05) is 45.9 Å². The summed E-state index contributed by atoms with van der Waals surface area (Å²) in [5.74, 6) is 2.55. The average molecular weight is 551 g/mol. The Bertz CT molecular complexity index is 506. The van der Waals surface area contributed by atoms with Gasteiger partial charge in [0.1, 0.15) is 0 Å². The normalized spacial score (nSPS) is 26.7. The van der Waals surface area contributed by atoms with Gasteiger partial charge in [-0.1, -0.05) is 13.8 Å². The molecule has 7 heteroatoms. The smallest absolute Gasteiger partial charge is 0.193 e. The van der Waals surface area contributed by atoms with E-state index >= 15 is 0 Å². The van der Waals surface area contributed by atoms with E-state index < -0.39 is 0 Å². The molecule has 3 saturated heterocycles. The van der Waals surface area contributed by atoms with Crippen LogP contribution in [0.1, 0.15) is 65.7 Å². The number of nitrogens with one attached hydrogen (secondary N) is 1. The van der Waals surface area contributed by atoms with Crippen molar-refractivity contribution in [2.24, 2.45) is 16.8 Å². The van der Waals surface area contributed by atoms with Crippen LogP contribution in [-0.2, 0) is 9.47 Å². The lowest BCUT2D eigenvalue weighted by atomic mass is 9.97. The Balaban J connectivity index is 0.00000341. The van der Waals surface area contributed by atoms with Crippen molar-refractivity contribution in [3.63, 3.8) is 0 Å². The zero-order valence-electron chi connectivity index (χ0n) is 20.2. The molecule has 0 radical (unpaired) electrons. The third-order valence-corrected chi connectivity index (χ3v) is 6.59. The Morgan fingerprint density at radius 3 is 2.58 bits per heavy atom. The number of ether oxygens (including phenoxy) is 2. The minimum Gasteiger partial charge on any atom is -0.376 e. The lowest BCUT2D eigenvalue weighted by Gasteiger charge is -2.36. The van der Waals surface area contributed by atoms with E-state index in [4.69, 9.17) is 14.5 Å². The third kappa shape index (κ3) is 9.72. The van der Waals surface area contributed by atoms with Crippen molar-refractivity contribution in [2.45, 2.75) is 77.9 Å². The van der Waals surface area contributed by atoms with Gasteiger partial charge >= 0.3 is 0 Å². The number of hydrogen-bond acceptors (Lipinski definition) is 4. The highest BCUT2D eigenvalue weighted by Crippen LogP contribution is 2.20. The number of rotatable bonds is 8. The van der Waals surface area contributed by atoms with Gasteiger partial charge in [0.05, 0.1) is 18.8 Å². The molecule has 0 spiro atoms. The van der Waals surface area contributed by atoms with E-state index in [0.717, 1.165) is 70.5 Å². The second-order valence-electron chi connectivity index (χ2n) is 9.86. The molecule has 3 fully saturated rings. The summed E-state index contributed by atoms with van der Waals surface area (Å²) in [6.45, 7) is 16.1. The predicted molar refractivity (Wildman–Crippen MR) is 140 cm³/mol. The summed E-state index contributed by atoms with van der Waals surface area (Å²) in [5, 5.41) is 3.54. The minimum absolute atomic E-state index is 0. The zero-order chi connectivity index (χ0) is 21.2. The summed E-state index contributed by atoms with van der Waals surface area (Å²) in [6.07, 6.45) is 9.15. The second kappa shape index (κ2) is 14.9. The van der Waals surface area contributed by atoms with Gasteiger partial charge in [-0.25, -0.2) is 0 Å². The standard InChI is InChI=1S/C24H46N4O2.HI/c1-4-25-24(26-16-21-8-7-12-27(18-21)17-20(2)3)28-13-10-22(11-14-28)30-19-23-9-5-6-15-29-23;/h20-23H,4-19H2,1-3H3,(H,25,26);1H. The van der Waals surface area contributed by atoms with Crippen LogP contribution in [0.3, 0.4) is 0 Å². The van der Waals surface area contributed by atoms with E-state index in [1.807, 2.05) is 0 Å². The first-order valence-corrected chi connectivity index (χ1v) is 12.6. The van der Waals surface area contributed by atoms with Gasteiger partial charge in [0.15, 0.2) is 5.96 Å². The van der Waals surface area contributed by atoms with Crippen molar-refractivity contribution in [1.29, 1.82) is 0 Å². The highest BCUT2D eigenvalue weighted by atomic mass is 127. The highest BCUT2D eigenvalue weighted by molar-refractivity contribution is 14.0. The lowest BCUT2D eigenvalue weighted by molar-refractivity contribution is -0.0721. The van der Waals surface area contributed by atoms with Gasteiger partial charge in [-0.3, -0.25) is 4.99 Å². The molecular weight excluding hydrogens is 503 g/mol. The molecule has 0 aromatic heterocycles. The summed E-state index contributed by atoms with van der Waals surface area (Å²) in [5.41, 5.74) is 0. The van der Waals surface area contributed by atoms with Crippen LogP contribution in [0.2, 0.25) is 0 Å². The number of guanidine groups is 1. The number of hydrogen-bond donors (Lipinski definition) is 1. The van der Waals surface area contributed by atoms with E-state index in [9.17, 15) is 0 Å². The number of halogens is 1. The molecule has 1 N–H and O–H groups in total. The molecule has 0 amide bonds. The van der Waals surface area contributed by atoms with Crippen molar-refractivity contribution < 1.29 is 9.47 Å². The van der Waals surface area contributed by atoms with E-state index in [1.54, 1.807) is 0 Å². The van der Waals surface area contributed by atoms with Crippen LogP contribution in [0.25, 0.3) is 0 Å². The molecule has 0 bridgehead atoms. The van der Waals surface area contributed by atoms with E-state index in [-0.39, 0.29) is 24.0 Å². The fourth-order valence-electron chi connectivity index (χ4n) is 5.04. The van der Waals surface area contributed by atoms with Crippen LogP contribution >= 0.6 is 24.0 Å². The predicted octanol–water partition coefficient (Wildman–Crippen LogP) is 3.99. The van der Waals surface area contributed by atoms with Crippen LogP contribution in [0.4, 0.5) is 0 Å². The molecule has 2 atom stereocenters. The van der Waals surface area contributed by atoms with Gasteiger partial charge in [-0.15, -0.1) is 24.0 Å². The number of likely N-dealkylation sites (tertiary alicyclic amines) is 2. The van der Waals surface area contributed by atoms with Crippen molar-refractivity contribution in [1.82, 2.24) is 15.1 Å². The monoisotopic (exact) mass is 550 g/mol. The van der Waals surface area contributed by atoms with Crippen LogP contribution in [0.15, 0.2) is 4.99 Å². The molecule has 6 nitrogen and oxygen atoms in total. The van der Waals surface area contributed by atoms with Crippen LogP contribution in [0.5, 0.6) is 0 Å². The van der Waals surface area contributed by atoms with Crippen molar-refractivity contribution in [3.8, 4) is 0 Å². The van der Waals surface area contributed by atoms with Gasteiger partial charge in [-0.05, 0) is 70.3 Å². The molecule has 0 aliphatic carbocycles. The molecule has 31 heavy (non-hydrogen) atoms. The second-order valence-corrected chi connectivity index (χ2v) is 9.86. The Hall–Kier alpha value is -0.120. The summed E-state index contributed by atoms with van der Waals surface area (Å²) in [7, 11) is 0. The highest BCUT2D eigenvalue weighted by Gasteiger charge is 2.25. The Kier molecular flexibility index (Phi) is 13.0. The van der Waals surface area contributed by atoms with Crippen molar-refractivity contribution in [3.05, 3.63) is 0 Å². The van der Waals surface area contributed by atoms with Crippen molar-refractivity contribution in [2.75, 3.05) is 59.0 Å². The van der Waals surface area contributed by atoms with Gasteiger partial charge in [0.25, 0.3) is 0 Å². The summed E-state index contributed by atoms with van der Waals surface area (Å²) in [4.78, 5) is 10.1. The molecule has 3 heterocycles. The molecule has 182 valence electrons. The molecule has 0 saturated carbocycles. The van der Waals surface area contributed by atoms with Crippen LogP contribution < -0.4 is 5.32 Å². The summed E-state index contributed by atoms with van der Waals surface area (Å²) >= 11 is 0. The largest absolute Gasteiger partial charge is 0.376 e. The van der Waals surface area contributed by atoms with E-state index in [1.165, 1.54) is 45.3 Å². The fraction of sp³-hybridized carbons (Fsp3) is 0.958. The molecule has 3 aliphatic heterocycles. The Morgan fingerprint density at radius 1 is 1.10 bits per heavy atom. The molecule has 0 aromatic rings. The molecular formula is C24H47IN4O2. The SMILES string of the molecule is CCNC(=NCC1CCCN(CC(C)C)C1)N1CCC(OCC2CCCCO2)CC1.I. The average Bonchev–Trinajstić information content (AvgIpc) is 2.76. The summed E-state index contributed by atoms with van der Waals surface area (Å²) in [6, 6.07) is 0. The fourth-order valence-corrected chi connectivity index (χ4v) is 5.04. The maximum Gasteiger partial charge on any atom is 0.193 e. The van der Waals surface area contributed by atoms with Crippen LogP contribution in [0, 0.1) is 11.8 Å². The Labute approximate surface area is 207 Å². The van der Waals surface area contributed by atoms with Gasteiger partial charge < -0.3 is 24.6 Å². The number of aliphatic imine (C=N–C) groups is 1. The third-order valence-electron chi connectivity index (χ3n) is 6.59. The van der Waals surface area contributed by atoms with Gasteiger partial charge in [0.2, 0.25) is 0 Å². The first-order valence-electron chi connectivity index (χ1n) is 12.6. The molecule has 3 rings (SSSR count). The zero-order valence-corrected chi connectivity index (χ0v) is 22.5. The van der Waals surface area contributed by atoms with Gasteiger partial charge in [-0.2, -0.15) is 0 Å². The quantitative estimate of drug-likeness (QED) is 0.282. The number of nitrogens with zero attached hydrogens (tertiary/aromatic N) is 3.